The van der Waals surface area contributed by atoms with Gasteiger partial charge in [-0.2, -0.15) is 0 Å². The lowest BCUT2D eigenvalue weighted by molar-refractivity contribution is 0.255. The maximum Gasteiger partial charge on any atom is 0.323 e. The number of benzene rings is 1. The molecule has 2 heterocycles. The van der Waals surface area contributed by atoms with Gasteiger partial charge in [0.15, 0.2) is 0 Å². The van der Waals surface area contributed by atoms with Crippen molar-refractivity contribution in [2.45, 2.75) is 5.92 Å². The van der Waals surface area contributed by atoms with Gasteiger partial charge in [0, 0.05) is 31.7 Å². The number of aryl methyl sites for hydroxylation is 1. The molecule has 1 aliphatic rings. The maximum atomic E-state index is 11.6. The summed E-state index contributed by atoms with van der Waals surface area (Å²) < 4.78 is 1.95. The summed E-state index contributed by atoms with van der Waals surface area (Å²) >= 11 is 0. The molecule has 1 aromatic carbocycles. The highest BCUT2D eigenvalue weighted by molar-refractivity contribution is 5.89. The Morgan fingerprint density at radius 3 is 2.96 bits per heavy atom. The third-order valence-corrected chi connectivity index (χ3v) is 4.05. The fraction of sp³-hybridized carbons (Fsp3) is 0.312. The van der Waals surface area contributed by atoms with Crippen molar-refractivity contribution in [1.82, 2.24) is 25.4 Å². The van der Waals surface area contributed by atoms with E-state index in [0.717, 1.165) is 30.2 Å². The molecule has 3 N–H and O–H groups in total. The number of rotatable bonds is 5. The third-order valence-electron chi connectivity index (χ3n) is 4.05. The second kappa shape index (κ2) is 6.62. The molecule has 2 amide bonds. The Labute approximate surface area is 134 Å². The van der Waals surface area contributed by atoms with E-state index >= 15 is 0 Å². The summed E-state index contributed by atoms with van der Waals surface area (Å²) in [5, 5.41) is 16.9. The summed E-state index contributed by atoms with van der Waals surface area (Å²) in [6.45, 7) is 5.38. The Hall–Kier alpha value is -2.67. The van der Waals surface area contributed by atoms with Crippen molar-refractivity contribution < 1.29 is 4.79 Å². The lowest BCUT2D eigenvalue weighted by Gasteiger charge is -2.34. The highest BCUT2D eigenvalue weighted by Crippen LogP contribution is 2.33. The number of carbonyl (C=O) groups excluding carboxylic acids is 1. The maximum absolute atomic E-state index is 11.6. The minimum Gasteiger partial charge on any atom is -0.320 e. The van der Waals surface area contributed by atoms with Gasteiger partial charge in [0.25, 0.3) is 0 Å². The van der Waals surface area contributed by atoms with E-state index in [-0.39, 0.29) is 11.9 Å². The first-order valence-electron chi connectivity index (χ1n) is 7.52. The van der Waals surface area contributed by atoms with E-state index in [0.29, 0.717) is 5.92 Å². The van der Waals surface area contributed by atoms with Crippen molar-refractivity contribution in [3.63, 3.8) is 0 Å². The van der Waals surface area contributed by atoms with Crippen LogP contribution in [0.25, 0.3) is 0 Å². The number of urea groups is 1. The van der Waals surface area contributed by atoms with Crippen LogP contribution in [0.5, 0.6) is 0 Å². The van der Waals surface area contributed by atoms with E-state index in [9.17, 15) is 4.79 Å². The van der Waals surface area contributed by atoms with Gasteiger partial charge in [-0.25, -0.2) is 4.79 Å². The number of amides is 2. The van der Waals surface area contributed by atoms with Crippen LogP contribution in [0, 0.1) is 5.92 Å². The second-order valence-electron chi connectivity index (χ2n) is 5.62. The number of nitrogens with zero attached hydrogens (tertiary/aromatic N) is 3. The average Bonchev–Trinajstić information content (AvgIpc) is 2.89. The van der Waals surface area contributed by atoms with Crippen molar-refractivity contribution in [1.29, 1.82) is 0 Å². The zero-order chi connectivity index (χ0) is 16.2. The number of anilines is 1. The quantitative estimate of drug-likeness (QED) is 0.780. The van der Waals surface area contributed by atoms with Gasteiger partial charge in [0.1, 0.15) is 12.2 Å². The van der Waals surface area contributed by atoms with E-state index in [1.54, 1.807) is 6.33 Å². The van der Waals surface area contributed by atoms with E-state index < -0.39 is 0 Å². The number of aromatic nitrogens is 3. The van der Waals surface area contributed by atoms with E-state index in [1.807, 2.05) is 29.8 Å². The Morgan fingerprint density at radius 1 is 1.52 bits per heavy atom. The number of hydrogen-bond acceptors (Lipinski definition) is 4. The Bertz CT molecular complexity index is 706. The van der Waals surface area contributed by atoms with Crippen LogP contribution >= 0.6 is 0 Å². The molecule has 1 saturated heterocycles. The number of nitrogens with one attached hydrogen (secondary N) is 3. The lowest BCUT2D eigenvalue weighted by Crippen LogP contribution is -2.46. The van der Waals surface area contributed by atoms with Gasteiger partial charge in [-0.1, -0.05) is 18.7 Å². The molecular formula is C16H20N6O. The number of hydrogen-bond donors (Lipinski definition) is 3. The standard InChI is InChI=1S/C16H20N6O/c1-3-18-16(23)20-13-6-4-5-11(7-13)14(12-8-17-9-12)15-21-19-10-22(15)2/h3-7,10,12,14,17H,1,8-9H2,2H3,(H2,18,20,23)/t14-/m0/s1. The van der Waals surface area contributed by atoms with E-state index in [1.165, 1.54) is 6.20 Å². The number of carbonyl (C=O) groups is 1. The summed E-state index contributed by atoms with van der Waals surface area (Å²) in [5.74, 6) is 1.55. The molecule has 2 aromatic rings. The van der Waals surface area contributed by atoms with Crippen molar-refractivity contribution in [2.75, 3.05) is 18.4 Å². The minimum atomic E-state index is -0.308. The van der Waals surface area contributed by atoms with Crippen LogP contribution in [-0.4, -0.2) is 33.9 Å². The van der Waals surface area contributed by atoms with Crippen LogP contribution in [-0.2, 0) is 7.05 Å². The molecule has 1 atom stereocenters. The Morgan fingerprint density at radius 2 is 2.35 bits per heavy atom. The van der Waals surface area contributed by atoms with Crippen molar-refractivity contribution in [3.05, 3.63) is 54.8 Å². The first-order valence-corrected chi connectivity index (χ1v) is 7.52. The summed E-state index contributed by atoms with van der Waals surface area (Å²) in [4.78, 5) is 11.6. The van der Waals surface area contributed by atoms with Gasteiger partial charge >= 0.3 is 6.03 Å². The zero-order valence-electron chi connectivity index (χ0n) is 13.0. The highest BCUT2D eigenvalue weighted by Gasteiger charge is 2.32. The molecule has 7 nitrogen and oxygen atoms in total. The average molecular weight is 312 g/mol. The largest absolute Gasteiger partial charge is 0.323 e. The molecular weight excluding hydrogens is 292 g/mol. The van der Waals surface area contributed by atoms with Gasteiger partial charge in [-0.3, -0.25) is 0 Å². The van der Waals surface area contributed by atoms with Crippen LogP contribution in [0.2, 0.25) is 0 Å². The van der Waals surface area contributed by atoms with E-state index in [2.05, 4.69) is 38.8 Å². The molecule has 0 aliphatic carbocycles. The van der Waals surface area contributed by atoms with Crippen LogP contribution in [0.3, 0.4) is 0 Å². The molecule has 1 aromatic heterocycles. The zero-order valence-corrected chi connectivity index (χ0v) is 13.0. The van der Waals surface area contributed by atoms with Gasteiger partial charge < -0.3 is 20.5 Å². The molecule has 0 unspecified atom stereocenters. The monoisotopic (exact) mass is 312 g/mol. The minimum absolute atomic E-state index is 0.146. The van der Waals surface area contributed by atoms with Crippen LogP contribution in [0.4, 0.5) is 10.5 Å². The first kappa shape index (κ1) is 15.2. The van der Waals surface area contributed by atoms with Crippen LogP contribution in [0.1, 0.15) is 17.3 Å². The summed E-state index contributed by atoms with van der Waals surface area (Å²) in [6.07, 6.45) is 3.07. The van der Waals surface area contributed by atoms with Crippen molar-refractivity contribution in [2.24, 2.45) is 13.0 Å². The summed E-state index contributed by atoms with van der Waals surface area (Å²) in [5.41, 5.74) is 1.85. The molecule has 3 rings (SSSR count). The normalized spacial score (nSPS) is 15.5. The first-order chi connectivity index (χ1) is 11.2. The molecule has 23 heavy (non-hydrogen) atoms. The SMILES string of the molecule is C=CNC(=O)Nc1cccc([C@H](c2nncn2C)C2CNC2)c1. The highest BCUT2D eigenvalue weighted by atomic mass is 16.2. The van der Waals surface area contributed by atoms with Gasteiger partial charge in [-0.05, 0) is 29.8 Å². The molecule has 0 saturated carbocycles. The van der Waals surface area contributed by atoms with Gasteiger partial charge in [-0.15, -0.1) is 10.2 Å². The Balaban J connectivity index is 1.89. The molecule has 1 aliphatic heterocycles. The molecule has 1 fully saturated rings. The molecule has 0 radical (unpaired) electrons. The summed E-state index contributed by atoms with van der Waals surface area (Å²) in [7, 11) is 1.95. The fourth-order valence-electron chi connectivity index (χ4n) is 2.82. The van der Waals surface area contributed by atoms with Crippen molar-refractivity contribution in [3.8, 4) is 0 Å². The van der Waals surface area contributed by atoms with Gasteiger partial charge in [0.2, 0.25) is 0 Å². The predicted molar refractivity (Wildman–Crippen MR) is 88.0 cm³/mol. The van der Waals surface area contributed by atoms with Gasteiger partial charge in [0.05, 0.1) is 0 Å². The fourth-order valence-corrected chi connectivity index (χ4v) is 2.82. The topological polar surface area (TPSA) is 83.9 Å². The molecule has 120 valence electrons. The third kappa shape index (κ3) is 3.24. The van der Waals surface area contributed by atoms with Crippen LogP contribution in [0.15, 0.2) is 43.4 Å². The van der Waals surface area contributed by atoms with Crippen molar-refractivity contribution >= 4 is 11.7 Å². The summed E-state index contributed by atoms with van der Waals surface area (Å²) in [6, 6.07) is 7.54. The smallest absolute Gasteiger partial charge is 0.320 e. The second-order valence-corrected chi connectivity index (χ2v) is 5.62. The van der Waals surface area contributed by atoms with Crippen LogP contribution < -0.4 is 16.0 Å². The van der Waals surface area contributed by atoms with E-state index in [4.69, 9.17) is 0 Å². The molecule has 0 spiro atoms. The molecule has 7 heteroatoms. The lowest BCUT2D eigenvalue weighted by atomic mass is 9.81. The molecule has 0 bridgehead atoms. The Kier molecular flexibility index (Phi) is 4.38. The predicted octanol–water partition coefficient (Wildman–Crippen LogP) is 1.43.